The summed E-state index contributed by atoms with van der Waals surface area (Å²) < 4.78 is 43.9. The lowest BCUT2D eigenvalue weighted by atomic mass is 10.1. The summed E-state index contributed by atoms with van der Waals surface area (Å²) >= 11 is 0. The number of aliphatic hydroxyl groups excluding tert-OH is 2. The Balaban J connectivity index is 1.96. The molecule has 1 saturated heterocycles. The fourth-order valence-corrected chi connectivity index (χ4v) is 4.56. The average molecular weight is 489 g/mol. The summed E-state index contributed by atoms with van der Waals surface area (Å²) in [5.41, 5.74) is 4.53. The van der Waals surface area contributed by atoms with E-state index in [0.29, 0.717) is 11.0 Å². The zero-order valence-corrected chi connectivity index (χ0v) is 18.8. The summed E-state index contributed by atoms with van der Waals surface area (Å²) in [5, 5.41) is 20.2. The van der Waals surface area contributed by atoms with E-state index in [-0.39, 0.29) is 12.4 Å². The van der Waals surface area contributed by atoms with Crippen LogP contribution in [0, 0.1) is 0 Å². The minimum atomic E-state index is -5.11. The third kappa shape index (κ3) is 7.70. The Morgan fingerprint density at radius 3 is 2.39 bits per heavy atom. The van der Waals surface area contributed by atoms with Crippen LogP contribution in [0.5, 0.6) is 0 Å². The maximum absolute atomic E-state index is 12.0. The molecule has 0 amide bonds. The Hall–Kier alpha value is -1.22. The highest BCUT2D eigenvalue weighted by Gasteiger charge is 2.46. The van der Waals surface area contributed by atoms with Gasteiger partial charge in [-0.15, -0.1) is 0 Å². The first-order valence-corrected chi connectivity index (χ1v) is 11.9. The Bertz CT molecular complexity index is 920. The zero-order valence-electron chi connectivity index (χ0n) is 17.0. The molecule has 2 rings (SSSR count). The van der Waals surface area contributed by atoms with Crippen molar-refractivity contribution in [2.24, 2.45) is 0 Å². The van der Waals surface area contributed by atoms with Crippen molar-refractivity contribution in [3.05, 3.63) is 22.7 Å². The molecule has 1 fully saturated rings. The van der Waals surface area contributed by atoms with Crippen molar-refractivity contribution >= 4 is 21.5 Å². The molecule has 15 nitrogen and oxygen atoms in total. The molecule has 31 heavy (non-hydrogen) atoms. The SMILES string of the molecule is C[N+](C)(C)CCOP(=O)(O)OP(=O)(O)OC[C@H]1O[C@@H](n2ccc(N)nc2=O)[C@H](O)[C@H]1O. The van der Waals surface area contributed by atoms with Gasteiger partial charge in [-0.3, -0.25) is 13.6 Å². The van der Waals surface area contributed by atoms with Gasteiger partial charge in [-0.1, -0.05) is 0 Å². The molecule has 6 N–H and O–H groups in total. The number of nitrogens with zero attached hydrogens (tertiary/aromatic N) is 3. The van der Waals surface area contributed by atoms with E-state index in [1.807, 2.05) is 0 Å². The number of aromatic nitrogens is 2. The van der Waals surface area contributed by atoms with Crippen LogP contribution in [-0.2, 0) is 27.2 Å². The quantitative estimate of drug-likeness (QED) is 0.185. The Morgan fingerprint density at radius 1 is 1.19 bits per heavy atom. The van der Waals surface area contributed by atoms with Crippen LogP contribution in [0.15, 0.2) is 17.1 Å². The predicted molar refractivity (Wildman–Crippen MR) is 104 cm³/mol. The van der Waals surface area contributed by atoms with Gasteiger partial charge in [0.05, 0.1) is 27.7 Å². The van der Waals surface area contributed by atoms with Gasteiger partial charge in [0.2, 0.25) is 0 Å². The van der Waals surface area contributed by atoms with Gasteiger partial charge in [-0.05, 0) is 6.07 Å². The van der Waals surface area contributed by atoms with Crippen molar-refractivity contribution in [3.8, 4) is 0 Å². The van der Waals surface area contributed by atoms with E-state index in [0.717, 1.165) is 4.57 Å². The minimum absolute atomic E-state index is 0.0652. The second kappa shape index (κ2) is 9.73. The maximum atomic E-state index is 12.0. The third-order valence-electron chi connectivity index (χ3n) is 4.09. The Kier molecular flexibility index (Phi) is 8.17. The average Bonchev–Trinajstić information content (AvgIpc) is 2.86. The molecule has 1 aromatic rings. The molecule has 1 aliphatic rings. The van der Waals surface area contributed by atoms with Gasteiger partial charge >= 0.3 is 21.3 Å². The van der Waals surface area contributed by atoms with Crippen molar-refractivity contribution < 1.29 is 51.7 Å². The number of quaternary nitrogens is 1. The zero-order chi connectivity index (χ0) is 23.6. The number of likely N-dealkylation sites (N-methyl/N-ethyl adjacent to an activating group) is 1. The molecule has 2 unspecified atom stereocenters. The van der Waals surface area contributed by atoms with Crippen LogP contribution in [0.3, 0.4) is 0 Å². The van der Waals surface area contributed by atoms with E-state index < -0.39 is 52.5 Å². The first-order valence-electron chi connectivity index (χ1n) is 8.93. The third-order valence-corrected chi connectivity index (χ3v) is 6.72. The van der Waals surface area contributed by atoms with Gasteiger partial charge in [0, 0.05) is 6.20 Å². The van der Waals surface area contributed by atoms with Crippen molar-refractivity contribution in [2.75, 3.05) is 46.6 Å². The second-order valence-corrected chi connectivity index (χ2v) is 10.8. The molecule has 178 valence electrons. The maximum Gasteiger partial charge on any atom is 0.481 e. The number of phosphoric acid groups is 2. The van der Waals surface area contributed by atoms with E-state index >= 15 is 0 Å². The molecular weight excluding hydrogens is 462 g/mol. The molecule has 0 aliphatic carbocycles. The van der Waals surface area contributed by atoms with Gasteiger partial charge in [0.1, 0.15) is 37.3 Å². The lowest BCUT2D eigenvalue weighted by Gasteiger charge is -2.24. The molecule has 0 radical (unpaired) electrons. The molecule has 1 aliphatic heterocycles. The summed E-state index contributed by atoms with van der Waals surface area (Å²) in [6.07, 6.45) is -4.82. The molecular formula is C14H27N4O11P2+. The summed E-state index contributed by atoms with van der Waals surface area (Å²) in [7, 11) is -4.64. The molecule has 0 aromatic carbocycles. The first-order chi connectivity index (χ1) is 14.1. The molecule has 17 heteroatoms. The molecule has 6 atom stereocenters. The number of hydrogen-bond acceptors (Lipinski definition) is 11. The smallest absolute Gasteiger partial charge is 0.387 e. The highest BCUT2D eigenvalue weighted by atomic mass is 31.3. The number of nitrogens with two attached hydrogens (primary N) is 1. The van der Waals surface area contributed by atoms with E-state index in [9.17, 15) is 33.9 Å². The van der Waals surface area contributed by atoms with E-state index in [1.54, 1.807) is 21.1 Å². The van der Waals surface area contributed by atoms with Crippen molar-refractivity contribution in [2.45, 2.75) is 24.5 Å². The summed E-state index contributed by atoms with van der Waals surface area (Å²) in [4.78, 5) is 34.7. The topological polar surface area (TPSA) is 213 Å². The second-order valence-electron chi connectivity index (χ2n) is 7.75. The molecule has 0 saturated carbocycles. The van der Waals surface area contributed by atoms with Crippen LogP contribution in [0.1, 0.15) is 6.23 Å². The van der Waals surface area contributed by atoms with Crippen LogP contribution in [0.4, 0.5) is 5.82 Å². The monoisotopic (exact) mass is 489 g/mol. The molecule has 0 bridgehead atoms. The van der Waals surface area contributed by atoms with Gasteiger partial charge in [0.25, 0.3) is 0 Å². The van der Waals surface area contributed by atoms with E-state index in [1.165, 1.54) is 12.3 Å². The van der Waals surface area contributed by atoms with Crippen molar-refractivity contribution in [1.29, 1.82) is 0 Å². The van der Waals surface area contributed by atoms with Gasteiger partial charge in [-0.2, -0.15) is 9.29 Å². The minimum Gasteiger partial charge on any atom is -0.387 e. The number of nitrogen functional groups attached to an aromatic ring is 1. The Labute approximate surface area is 177 Å². The number of ether oxygens (including phenoxy) is 1. The number of aliphatic hydroxyl groups is 2. The normalized spacial score (nSPS) is 28.2. The summed E-state index contributed by atoms with van der Waals surface area (Å²) in [6, 6.07) is 1.26. The van der Waals surface area contributed by atoms with Crippen LogP contribution < -0.4 is 11.4 Å². The number of phosphoric ester groups is 2. The standard InChI is InChI=1S/C14H26N4O11P2/c1-18(2,3)6-7-26-30(22,23)29-31(24,25)27-8-9-11(19)12(20)13(28-9)17-5-4-10(15)16-14(17)21/h4-5,9,11-13,19-20H,6-8H2,1-3H3,(H3-,15,16,21,22,23,24,25)/p+1/t9-,11+,12-,13-/m1/s1. The van der Waals surface area contributed by atoms with Crippen molar-refractivity contribution in [3.63, 3.8) is 0 Å². The van der Waals surface area contributed by atoms with Gasteiger partial charge in [0.15, 0.2) is 6.23 Å². The highest BCUT2D eigenvalue weighted by molar-refractivity contribution is 7.61. The van der Waals surface area contributed by atoms with Crippen LogP contribution in [0.25, 0.3) is 0 Å². The number of rotatable bonds is 10. The lowest BCUT2D eigenvalue weighted by Crippen LogP contribution is -2.37. The fourth-order valence-electron chi connectivity index (χ4n) is 2.49. The molecule has 0 spiro atoms. The van der Waals surface area contributed by atoms with Crippen LogP contribution >= 0.6 is 15.6 Å². The fraction of sp³-hybridized carbons (Fsp3) is 0.714. The van der Waals surface area contributed by atoms with E-state index in [2.05, 4.69) is 18.3 Å². The Morgan fingerprint density at radius 2 is 1.81 bits per heavy atom. The van der Waals surface area contributed by atoms with E-state index in [4.69, 9.17) is 10.5 Å². The molecule has 2 heterocycles. The lowest BCUT2D eigenvalue weighted by molar-refractivity contribution is -0.870. The van der Waals surface area contributed by atoms with Crippen LogP contribution in [0.2, 0.25) is 0 Å². The molecule has 1 aromatic heterocycles. The van der Waals surface area contributed by atoms with Gasteiger partial charge < -0.3 is 35.0 Å². The first kappa shape index (κ1) is 26.0. The van der Waals surface area contributed by atoms with Crippen LogP contribution in [-0.4, -0.2) is 93.2 Å². The van der Waals surface area contributed by atoms with Crippen molar-refractivity contribution in [1.82, 2.24) is 9.55 Å². The van der Waals surface area contributed by atoms with Gasteiger partial charge in [-0.25, -0.2) is 13.9 Å². The number of anilines is 1. The predicted octanol–water partition coefficient (Wildman–Crippen LogP) is -1.60. The highest BCUT2D eigenvalue weighted by Crippen LogP contribution is 2.60. The summed E-state index contributed by atoms with van der Waals surface area (Å²) in [5.74, 6) is -0.0652. The summed E-state index contributed by atoms with van der Waals surface area (Å²) in [6.45, 7) is -0.746. The number of hydrogen-bond donors (Lipinski definition) is 5. The largest absolute Gasteiger partial charge is 0.481 e.